The molecule has 0 spiro atoms. The first-order valence-electron chi connectivity index (χ1n) is 6.14. The molecule has 4 heteroatoms. The number of benzene rings is 1. The van der Waals surface area contributed by atoms with Crippen molar-refractivity contribution in [1.82, 2.24) is 5.32 Å². The van der Waals surface area contributed by atoms with Gasteiger partial charge in [-0.3, -0.25) is 4.79 Å². The van der Waals surface area contributed by atoms with Crippen molar-refractivity contribution in [2.24, 2.45) is 0 Å². The van der Waals surface area contributed by atoms with Crippen LogP contribution in [0.3, 0.4) is 0 Å². The normalized spacial score (nSPS) is 12.2. The maximum Gasteiger partial charge on any atom is 0.251 e. The maximum absolute atomic E-state index is 12.2. The van der Waals surface area contributed by atoms with Crippen molar-refractivity contribution in [1.29, 1.82) is 0 Å². The van der Waals surface area contributed by atoms with E-state index in [2.05, 4.69) is 38.1 Å². The van der Waals surface area contributed by atoms with Gasteiger partial charge in [0, 0.05) is 16.1 Å². The van der Waals surface area contributed by atoms with Crippen molar-refractivity contribution >= 4 is 33.2 Å². The van der Waals surface area contributed by atoms with Gasteiger partial charge in [0.2, 0.25) is 0 Å². The first-order valence-corrected chi connectivity index (χ1v) is 7.88. The zero-order valence-electron chi connectivity index (χ0n) is 10.9. The molecule has 0 fully saturated rings. The molecule has 2 nitrogen and oxygen atoms in total. The second-order valence-corrected chi connectivity index (χ2v) is 6.37. The third kappa shape index (κ3) is 3.91. The Morgan fingerprint density at radius 2 is 2.21 bits per heavy atom. The minimum Gasteiger partial charge on any atom is -0.349 e. The highest BCUT2D eigenvalue weighted by Gasteiger charge is 2.13. The fourth-order valence-corrected chi connectivity index (χ4v) is 3.00. The third-order valence-electron chi connectivity index (χ3n) is 2.94. The summed E-state index contributed by atoms with van der Waals surface area (Å²) in [4.78, 5) is 12.2. The Balaban J connectivity index is 2.02. The van der Waals surface area contributed by atoms with Crippen LogP contribution >= 0.6 is 27.3 Å². The zero-order valence-corrected chi connectivity index (χ0v) is 13.3. The van der Waals surface area contributed by atoms with Crippen molar-refractivity contribution in [3.05, 3.63) is 56.2 Å². The van der Waals surface area contributed by atoms with E-state index < -0.39 is 0 Å². The number of carbonyl (C=O) groups is 1. The molecule has 1 aromatic carbocycles. The molecule has 0 aliphatic heterocycles. The lowest BCUT2D eigenvalue weighted by Crippen LogP contribution is -2.34. The number of amides is 1. The lowest BCUT2D eigenvalue weighted by atomic mass is 10.1. The van der Waals surface area contributed by atoms with E-state index in [0.29, 0.717) is 0 Å². The number of hydrogen-bond acceptors (Lipinski definition) is 2. The highest BCUT2D eigenvalue weighted by atomic mass is 79.9. The number of aryl methyl sites for hydroxylation is 1. The van der Waals surface area contributed by atoms with Gasteiger partial charge in [-0.1, -0.05) is 22.0 Å². The molecular weight excluding hydrogens is 322 g/mol. The van der Waals surface area contributed by atoms with Gasteiger partial charge in [-0.2, -0.15) is 11.3 Å². The summed E-state index contributed by atoms with van der Waals surface area (Å²) >= 11 is 5.08. The molecule has 0 saturated carbocycles. The number of thiophene rings is 1. The van der Waals surface area contributed by atoms with Gasteiger partial charge in [0.15, 0.2) is 0 Å². The van der Waals surface area contributed by atoms with Gasteiger partial charge >= 0.3 is 0 Å². The smallest absolute Gasteiger partial charge is 0.251 e. The van der Waals surface area contributed by atoms with E-state index in [1.165, 1.54) is 5.56 Å². The van der Waals surface area contributed by atoms with Crippen molar-refractivity contribution in [2.45, 2.75) is 26.3 Å². The Morgan fingerprint density at radius 1 is 1.42 bits per heavy atom. The van der Waals surface area contributed by atoms with Crippen LogP contribution < -0.4 is 5.32 Å². The van der Waals surface area contributed by atoms with Crippen LogP contribution in [0.5, 0.6) is 0 Å². The lowest BCUT2D eigenvalue weighted by Gasteiger charge is -2.14. The topological polar surface area (TPSA) is 29.1 Å². The summed E-state index contributed by atoms with van der Waals surface area (Å²) in [5, 5.41) is 7.22. The van der Waals surface area contributed by atoms with Crippen LogP contribution in [0.15, 0.2) is 39.5 Å². The van der Waals surface area contributed by atoms with Crippen LogP contribution in [0.4, 0.5) is 0 Å². The predicted molar refractivity (Wildman–Crippen MR) is 83.8 cm³/mol. The standard InChI is InChI=1S/C15H16BrNOS/c1-10-3-4-13(16)8-14(10)15(18)17-11(2)7-12-5-6-19-9-12/h3-6,8-9,11H,7H2,1-2H3,(H,17,18). The summed E-state index contributed by atoms with van der Waals surface area (Å²) in [5.74, 6) is -0.0125. The summed E-state index contributed by atoms with van der Waals surface area (Å²) in [6, 6.07) is 7.98. The quantitative estimate of drug-likeness (QED) is 0.890. The molecule has 1 N–H and O–H groups in total. The van der Waals surface area contributed by atoms with Crippen LogP contribution in [0.25, 0.3) is 0 Å². The predicted octanol–water partition coefficient (Wildman–Crippen LogP) is 4.18. The molecular formula is C15H16BrNOS. The van der Waals surface area contributed by atoms with Gasteiger partial charge in [0.05, 0.1) is 0 Å². The van der Waals surface area contributed by atoms with Gasteiger partial charge in [-0.25, -0.2) is 0 Å². The molecule has 2 rings (SSSR count). The Labute approximate surface area is 126 Å². The zero-order chi connectivity index (χ0) is 13.8. The second-order valence-electron chi connectivity index (χ2n) is 4.67. The minimum absolute atomic E-state index is 0.0125. The summed E-state index contributed by atoms with van der Waals surface area (Å²) < 4.78 is 0.925. The fraction of sp³-hybridized carbons (Fsp3) is 0.267. The van der Waals surface area contributed by atoms with E-state index in [1.807, 2.05) is 32.0 Å². The first-order chi connectivity index (χ1) is 9.06. The van der Waals surface area contributed by atoms with E-state index in [0.717, 1.165) is 22.0 Å². The molecule has 1 heterocycles. The minimum atomic E-state index is -0.0125. The molecule has 19 heavy (non-hydrogen) atoms. The molecule has 100 valence electrons. The third-order valence-corrected chi connectivity index (χ3v) is 4.17. The first kappa shape index (κ1) is 14.3. The number of nitrogens with one attached hydrogen (secondary N) is 1. The largest absolute Gasteiger partial charge is 0.349 e. The fourth-order valence-electron chi connectivity index (χ4n) is 1.95. The molecule has 1 unspecified atom stereocenters. The number of hydrogen-bond donors (Lipinski definition) is 1. The van der Waals surface area contributed by atoms with Gasteiger partial charge in [-0.05, 0) is 60.4 Å². The number of halogens is 1. The van der Waals surface area contributed by atoms with Crippen LogP contribution in [0.1, 0.15) is 28.4 Å². The van der Waals surface area contributed by atoms with Gasteiger partial charge in [0.25, 0.3) is 5.91 Å². The monoisotopic (exact) mass is 337 g/mol. The second kappa shape index (κ2) is 6.35. The van der Waals surface area contributed by atoms with Crippen LogP contribution in [-0.4, -0.2) is 11.9 Å². The average molecular weight is 338 g/mol. The molecule has 0 radical (unpaired) electrons. The van der Waals surface area contributed by atoms with Crippen LogP contribution in [-0.2, 0) is 6.42 Å². The molecule has 0 bridgehead atoms. The SMILES string of the molecule is Cc1ccc(Br)cc1C(=O)NC(C)Cc1ccsc1. The molecule has 0 saturated heterocycles. The number of carbonyl (C=O) groups excluding carboxylic acids is 1. The van der Waals surface area contributed by atoms with Crippen molar-refractivity contribution < 1.29 is 4.79 Å². The average Bonchev–Trinajstić information content (AvgIpc) is 2.84. The highest BCUT2D eigenvalue weighted by molar-refractivity contribution is 9.10. The molecule has 0 aliphatic rings. The van der Waals surface area contributed by atoms with E-state index in [-0.39, 0.29) is 11.9 Å². The van der Waals surface area contributed by atoms with Crippen molar-refractivity contribution in [3.63, 3.8) is 0 Å². The van der Waals surface area contributed by atoms with Gasteiger partial charge in [-0.15, -0.1) is 0 Å². The summed E-state index contributed by atoms with van der Waals surface area (Å²) in [6.07, 6.45) is 0.863. The van der Waals surface area contributed by atoms with Crippen molar-refractivity contribution in [3.8, 4) is 0 Å². The molecule has 1 aromatic heterocycles. The van der Waals surface area contributed by atoms with Crippen LogP contribution in [0.2, 0.25) is 0 Å². The highest BCUT2D eigenvalue weighted by Crippen LogP contribution is 2.16. The molecule has 2 aromatic rings. The maximum atomic E-state index is 12.2. The Morgan fingerprint density at radius 3 is 2.89 bits per heavy atom. The van der Waals surface area contributed by atoms with E-state index in [1.54, 1.807) is 11.3 Å². The Bertz CT molecular complexity index is 566. The van der Waals surface area contributed by atoms with Gasteiger partial charge in [0.1, 0.15) is 0 Å². The van der Waals surface area contributed by atoms with E-state index in [4.69, 9.17) is 0 Å². The van der Waals surface area contributed by atoms with Crippen molar-refractivity contribution in [2.75, 3.05) is 0 Å². The van der Waals surface area contributed by atoms with Gasteiger partial charge < -0.3 is 5.32 Å². The summed E-state index contributed by atoms with van der Waals surface area (Å²) in [7, 11) is 0. The number of rotatable bonds is 4. The molecule has 1 atom stereocenters. The van der Waals surface area contributed by atoms with E-state index >= 15 is 0 Å². The van der Waals surface area contributed by atoms with Crippen LogP contribution in [0, 0.1) is 6.92 Å². The summed E-state index contributed by atoms with van der Waals surface area (Å²) in [5.41, 5.74) is 2.98. The Hall–Kier alpha value is -1.13. The Kier molecular flexibility index (Phi) is 4.77. The van der Waals surface area contributed by atoms with E-state index in [9.17, 15) is 4.79 Å². The summed E-state index contributed by atoms with van der Waals surface area (Å²) in [6.45, 7) is 3.98. The molecule has 0 aliphatic carbocycles. The lowest BCUT2D eigenvalue weighted by molar-refractivity contribution is 0.0939. The molecule has 1 amide bonds.